The molecule has 0 radical (unpaired) electrons. The van der Waals surface area contributed by atoms with Gasteiger partial charge in [-0.05, 0) is 0 Å². The lowest BCUT2D eigenvalue weighted by Crippen LogP contribution is -2.40. The van der Waals surface area contributed by atoms with Crippen molar-refractivity contribution >= 4 is 23.0 Å². The number of hydrazine groups is 1. The summed E-state index contributed by atoms with van der Waals surface area (Å²) in [5.41, 5.74) is 0. The fourth-order valence-corrected chi connectivity index (χ4v) is 1.79. The van der Waals surface area contributed by atoms with Crippen molar-refractivity contribution in [3.63, 3.8) is 0 Å². The third kappa shape index (κ3) is 1.39. The van der Waals surface area contributed by atoms with Gasteiger partial charge >= 0.3 is 6.02 Å². The molecule has 0 saturated carbocycles. The van der Waals surface area contributed by atoms with Crippen LogP contribution in [0.3, 0.4) is 0 Å². The first-order valence-electron chi connectivity index (χ1n) is 3.77. The highest BCUT2D eigenvalue weighted by Crippen LogP contribution is 2.14. The van der Waals surface area contributed by atoms with Crippen LogP contribution in [0.1, 0.15) is 0 Å². The van der Waals surface area contributed by atoms with Gasteiger partial charge in [-0.15, -0.1) is 0 Å². The third-order valence-corrected chi connectivity index (χ3v) is 2.52. The lowest BCUT2D eigenvalue weighted by atomic mass is 10.8. The van der Waals surface area contributed by atoms with Crippen LogP contribution in [0.2, 0.25) is 0 Å². The number of thioether (sulfide) groups is 1. The van der Waals surface area contributed by atoms with Gasteiger partial charge in [0.05, 0.1) is 13.1 Å². The predicted molar refractivity (Wildman–Crippen MR) is 49.0 cm³/mol. The zero-order chi connectivity index (χ0) is 8.39. The maximum absolute atomic E-state index is 5.71. The Kier molecular flexibility index (Phi) is 2.18. The topological polar surface area (TPSA) is 63.2 Å². The molecule has 0 amide bonds. The number of nitrogens with two attached hydrogens (primary N) is 1. The van der Waals surface area contributed by atoms with Crippen molar-refractivity contribution in [3.8, 4) is 0 Å². The van der Waals surface area contributed by atoms with E-state index in [2.05, 4.69) is 9.98 Å². The number of aliphatic imine (C=N–C) groups is 2. The van der Waals surface area contributed by atoms with Crippen molar-refractivity contribution in [1.82, 2.24) is 5.01 Å². The van der Waals surface area contributed by atoms with E-state index in [0.29, 0.717) is 19.2 Å². The van der Waals surface area contributed by atoms with Gasteiger partial charge < -0.3 is 4.74 Å². The number of nitrogens with zero attached hydrogens (tertiary/aromatic N) is 3. The molecular formula is C6H10N4OS. The van der Waals surface area contributed by atoms with Crippen LogP contribution >= 0.6 is 11.8 Å². The van der Waals surface area contributed by atoms with Crippen molar-refractivity contribution in [2.75, 3.05) is 25.4 Å². The summed E-state index contributed by atoms with van der Waals surface area (Å²) in [6.45, 7) is 2.16. The van der Waals surface area contributed by atoms with E-state index in [4.69, 9.17) is 10.6 Å². The maximum atomic E-state index is 5.71. The van der Waals surface area contributed by atoms with Gasteiger partial charge in [0.2, 0.25) is 0 Å². The molecule has 2 rings (SSSR count). The Hall–Kier alpha value is -0.750. The van der Waals surface area contributed by atoms with Gasteiger partial charge in [-0.1, -0.05) is 11.8 Å². The first kappa shape index (κ1) is 7.88. The molecule has 0 aromatic heterocycles. The van der Waals surface area contributed by atoms with Crippen LogP contribution < -0.4 is 5.84 Å². The summed E-state index contributed by atoms with van der Waals surface area (Å²) in [6.07, 6.45) is 0. The van der Waals surface area contributed by atoms with E-state index in [0.717, 1.165) is 17.5 Å². The average molecular weight is 186 g/mol. The number of amidine groups is 2. The van der Waals surface area contributed by atoms with Gasteiger partial charge in [-0.2, -0.15) is 0 Å². The third-order valence-electron chi connectivity index (χ3n) is 1.55. The Morgan fingerprint density at radius 3 is 2.92 bits per heavy atom. The van der Waals surface area contributed by atoms with Crippen molar-refractivity contribution in [2.24, 2.45) is 15.8 Å². The predicted octanol–water partition coefficient (Wildman–Crippen LogP) is -0.349. The lowest BCUT2D eigenvalue weighted by molar-refractivity contribution is 0.305. The molecule has 5 nitrogen and oxygen atoms in total. The molecule has 0 unspecified atom stereocenters. The van der Waals surface area contributed by atoms with Crippen LogP contribution in [-0.4, -0.2) is 41.6 Å². The van der Waals surface area contributed by atoms with Crippen molar-refractivity contribution in [3.05, 3.63) is 0 Å². The molecule has 0 spiro atoms. The summed E-state index contributed by atoms with van der Waals surface area (Å²) >= 11 is 1.63. The molecule has 0 bridgehead atoms. The quantitative estimate of drug-likeness (QED) is 0.415. The molecule has 0 atom stereocenters. The molecule has 2 heterocycles. The summed E-state index contributed by atoms with van der Waals surface area (Å²) < 4.78 is 5.18. The molecule has 2 N–H and O–H groups in total. The molecule has 66 valence electrons. The molecule has 0 fully saturated rings. The van der Waals surface area contributed by atoms with E-state index in [1.807, 2.05) is 0 Å². The van der Waals surface area contributed by atoms with Crippen LogP contribution in [0.4, 0.5) is 0 Å². The Labute approximate surface area is 74.6 Å². The van der Waals surface area contributed by atoms with Gasteiger partial charge in [0, 0.05) is 5.75 Å². The smallest absolute Gasteiger partial charge is 0.308 e. The highest BCUT2D eigenvalue weighted by Gasteiger charge is 2.20. The SMILES string of the molecule is NN(C1=NCCO1)C1=NCCS1. The molecule has 0 saturated heterocycles. The van der Waals surface area contributed by atoms with Crippen molar-refractivity contribution in [2.45, 2.75) is 0 Å². The summed E-state index contributed by atoms with van der Waals surface area (Å²) in [5, 5.41) is 2.22. The summed E-state index contributed by atoms with van der Waals surface area (Å²) in [6, 6.07) is 0.489. The van der Waals surface area contributed by atoms with Crippen LogP contribution in [0.25, 0.3) is 0 Å². The number of hydrogen-bond acceptors (Lipinski definition) is 6. The molecule has 0 aromatic carbocycles. The zero-order valence-corrected chi connectivity index (χ0v) is 7.38. The maximum Gasteiger partial charge on any atom is 0.308 e. The normalized spacial score (nSPS) is 21.8. The summed E-state index contributed by atoms with van der Waals surface area (Å²) in [7, 11) is 0. The highest BCUT2D eigenvalue weighted by molar-refractivity contribution is 8.14. The molecule has 6 heteroatoms. The van der Waals surface area contributed by atoms with E-state index in [-0.39, 0.29) is 0 Å². The monoisotopic (exact) mass is 186 g/mol. The second kappa shape index (κ2) is 3.32. The van der Waals surface area contributed by atoms with Gasteiger partial charge in [0.1, 0.15) is 6.61 Å². The minimum atomic E-state index is 0.489. The van der Waals surface area contributed by atoms with Crippen LogP contribution in [0.15, 0.2) is 9.98 Å². The second-order valence-electron chi connectivity index (χ2n) is 2.40. The Morgan fingerprint density at radius 2 is 2.33 bits per heavy atom. The highest BCUT2D eigenvalue weighted by atomic mass is 32.2. The van der Waals surface area contributed by atoms with Gasteiger partial charge in [-0.25, -0.2) is 15.8 Å². The van der Waals surface area contributed by atoms with Crippen LogP contribution in [0, 0.1) is 0 Å². The fraction of sp³-hybridized carbons (Fsp3) is 0.667. The minimum Gasteiger partial charge on any atom is -0.462 e. The average Bonchev–Trinajstić information content (AvgIpc) is 2.77. The van der Waals surface area contributed by atoms with E-state index in [1.165, 1.54) is 5.01 Å². The van der Waals surface area contributed by atoms with Crippen molar-refractivity contribution < 1.29 is 4.74 Å². The fourth-order valence-electron chi connectivity index (χ4n) is 1.02. The molecular weight excluding hydrogens is 176 g/mol. The van der Waals surface area contributed by atoms with E-state index in [1.54, 1.807) is 11.8 Å². The van der Waals surface area contributed by atoms with Crippen LogP contribution in [0.5, 0.6) is 0 Å². The second-order valence-corrected chi connectivity index (χ2v) is 3.46. The van der Waals surface area contributed by atoms with E-state index >= 15 is 0 Å². The zero-order valence-electron chi connectivity index (χ0n) is 6.56. The minimum absolute atomic E-state index is 0.489. The summed E-state index contributed by atoms with van der Waals surface area (Å²) in [5.74, 6) is 6.71. The Morgan fingerprint density at radius 1 is 1.42 bits per heavy atom. The van der Waals surface area contributed by atoms with E-state index in [9.17, 15) is 0 Å². The lowest BCUT2D eigenvalue weighted by Gasteiger charge is -2.15. The first-order valence-corrected chi connectivity index (χ1v) is 4.76. The van der Waals surface area contributed by atoms with Gasteiger partial charge in [0.25, 0.3) is 0 Å². The number of hydrogen-bond donors (Lipinski definition) is 1. The standard InChI is InChI=1S/C6H10N4OS/c7-10(5-8-1-3-11-5)6-9-2-4-12-6/h1-4,7H2. The largest absolute Gasteiger partial charge is 0.462 e. The molecule has 2 aliphatic rings. The molecule has 0 aromatic rings. The molecule has 0 aliphatic carbocycles. The number of rotatable bonds is 0. The Bertz CT molecular complexity index is 216. The van der Waals surface area contributed by atoms with Gasteiger partial charge in [-0.3, -0.25) is 4.99 Å². The molecule has 2 aliphatic heterocycles. The molecule has 12 heavy (non-hydrogen) atoms. The summed E-state index contributed by atoms with van der Waals surface area (Å²) in [4.78, 5) is 8.28. The van der Waals surface area contributed by atoms with Gasteiger partial charge in [0.15, 0.2) is 5.17 Å². The van der Waals surface area contributed by atoms with Crippen molar-refractivity contribution in [1.29, 1.82) is 0 Å². The Balaban J connectivity index is 2.03. The number of ether oxygens (including phenoxy) is 1. The van der Waals surface area contributed by atoms with E-state index < -0.39 is 0 Å². The van der Waals surface area contributed by atoms with Crippen LogP contribution in [-0.2, 0) is 4.74 Å². The first-order chi connectivity index (χ1) is 5.88.